The van der Waals surface area contributed by atoms with Gasteiger partial charge >= 0.3 is 0 Å². The number of non-ortho nitro benzene ring substituents is 1. The highest BCUT2D eigenvalue weighted by Crippen LogP contribution is 2.23. The van der Waals surface area contributed by atoms with Gasteiger partial charge in [-0.15, -0.1) is 0 Å². The Labute approximate surface area is 168 Å². The van der Waals surface area contributed by atoms with Crippen LogP contribution in [-0.2, 0) is 11.2 Å². The maximum Gasteiger partial charge on any atom is 0.270 e. The second-order valence-electron chi connectivity index (χ2n) is 7.23. The van der Waals surface area contributed by atoms with E-state index in [0.29, 0.717) is 16.7 Å². The lowest BCUT2D eigenvalue weighted by atomic mass is 10.1. The molecule has 1 saturated heterocycles. The molecule has 0 radical (unpaired) electrons. The van der Waals surface area contributed by atoms with Crippen LogP contribution in [0.2, 0.25) is 0 Å². The summed E-state index contributed by atoms with van der Waals surface area (Å²) in [6.07, 6.45) is 2.64. The van der Waals surface area contributed by atoms with Gasteiger partial charge in [-0.3, -0.25) is 14.9 Å². The minimum Gasteiger partial charge on any atom is -0.358 e. The van der Waals surface area contributed by atoms with Crippen LogP contribution in [-0.4, -0.2) is 39.8 Å². The zero-order valence-corrected chi connectivity index (χ0v) is 16.0. The molecule has 4 rings (SSSR count). The third-order valence-corrected chi connectivity index (χ3v) is 5.24. The first-order chi connectivity index (χ1) is 14.1. The highest BCUT2D eigenvalue weighted by molar-refractivity contribution is 5.87. The van der Waals surface area contributed by atoms with Crippen LogP contribution in [0.4, 0.5) is 11.5 Å². The summed E-state index contributed by atoms with van der Waals surface area (Å²) in [5.41, 5.74) is 1.98. The first kappa shape index (κ1) is 18.9. The molecule has 7 nitrogen and oxygen atoms in total. The summed E-state index contributed by atoms with van der Waals surface area (Å²) in [5, 5.41) is 14.8. The number of anilines is 1. The Kier molecular flexibility index (Phi) is 5.37. The summed E-state index contributed by atoms with van der Waals surface area (Å²) in [7, 11) is 0. The van der Waals surface area contributed by atoms with Gasteiger partial charge in [0.2, 0.25) is 5.91 Å². The van der Waals surface area contributed by atoms with E-state index >= 15 is 0 Å². The van der Waals surface area contributed by atoms with Crippen LogP contribution in [0, 0.1) is 10.1 Å². The van der Waals surface area contributed by atoms with Gasteiger partial charge in [-0.1, -0.05) is 30.3 Å². The van der Waals surface area contributed by atoms with Crippen molar-refractivity contribution in [3.05, 3.63) is 76.3 Å². The second-order valence-corrected chi connectivity index (χ2v) is 7.23. The fourth-order valence-corrected chi connectivity index (χ4v) is 3.70. The van der Waals surface area contributed by atoms with Gasteiger partial charge in [-0.25, -0.2) is 4.98 Å². The van der Waals surface area contributed by atoms with E-state index in [1.54, 1.807) is 18.2 Å². The van der Waals surface area contributed by atoms with Crippen LogP contribution in [0.1, 0.15) is 18.4 Å². The van der Waals surface area contributed by atoms with Crippen molar-refractivity contribution in [3.8, 4) is 0 Å². The third-order valence-electron chi connectivity index (χ3n) is 5.24. The van der Waals surface area contributed by atoms with Crippen LogP contribution in [0.25, 0.3) is 10.9 Å². The number of likely N-dealkylation sites (tertiary alicyclic amines) is 1. The molecule has 2 aromatic carbocycles. The number of rotatable bonds is 7. The van der Waals surface area contributed by atoms with Crippen molar-refractivity contribution in [2.45, 2.75) is 25.3 Å². The van der Waals surface area contributed by atoms with E-state index in [9.17, 15) is 14.9 Å². The van der Waals surface area contributed by atoms with Crippen LogP contribution in [0.15, 0.2) is 60.7 Å². The fourth-order valence-electron chi connectivity index (χ4n) is 3.70. The molecule has 148 valence electrons. The average molecular weight is 390 g/mol. The van der Waals surface area contributed by atoms with Gasteiger partial charge < -0.3 is 10.2 Å². The number of pyridine rings is 1. The van der Waals surface area contributed by atoms with E-state index < -0.39 is 4.92 Å². The molecule has 1 aliphatic heterocycles. The van der Waals surface area contributed by atoms with Gasteiger partial charge in [0.15, 0.2) is 0 Å². The summed E-state index contributed by atoms with van der Waals surface area (Å²) >= 11 is 0. The van der Waals surface area contributed by atoms with Crippen LogP contribution in [0.3, 0.4) is 0 Å². The summed E-state index contributed by atoms with van der Waals surface area (Å²) in [5.74, 6) is 0.708. The van der Waals surface area contributed by atoms with Crippen molar-refractivity contribution >= 4 is 28.3 Å². The van der Waals surface area contributed by atoms with E-state index in [4.69, 9.17) is 0 Å². The van der Waals surface area contributed by atoms with Gasteiger partial charge in [-0.2, -0.15) is 0 Å². The topological polar surface area (TPSA) is 88.4 Å². The average Bonchev–Trinajstić information content (AvgIpc) is 3.08. The minimum atomic E-state index is -0.421. The highest BCUT2D eigenvalue weighted by atomic mass is 16.6. The number of nitro groups is 1. The zero-order chi connectivity index (χ0) is 20.2. The minimum absolute atomic E-state index is 0.0390. The van der Waals surface area contributed by atoms with Gasteiger partial charge in [0.25, 0.3) is 5.69 Å². The van der Waals surface area contributed by atoms with Gasteiger partial charge in [0.05, 0.1) is 10.4 Å². The number of nitro benzene ring substituents is 1. The molecule has 0 saturated carbocycles. The van der Waals surface area contributed by atoms with Gasteiger partial charge in [0.1, 0.15) is 11.9 Å². The van der Waals surface area contributed by atoms with Gasteiger partial charge in [0, 0.05) is 30.6 Å². The quantitative estimate of drug-likeness (QED) is 0.490. The number of carbonyl (C=O) groups excluding carboxylic acids is 1. The van der Waals surface area contributed by atoms with Crippen LogP contribution < -0.4 is 5.32 Å². The molecule has 0 bridgehead atoms. The molecule has 1 unspecified atom stereocenters. The molecular weight excluding hydrogens is 368 g/mol. The third kappa shape index (κ3) is 4.34. The predicted octanol–water partition coefficient (Wildman–Crippen LogP) is 3.79. The second kappa shape index (κ2) is 8.26. The van der Waals surface area contributed by atoms with E-state index in [0.717, 1.165) is 32.4 Å². The standard InChI is InChI=1S/C22H22N4O3/c27-22-20(12-14-25(22)13-4-7-16-5-2-1-3-6-16)24-21-11-8-17-15-18(26(28)29)9-10-19(17)23-21/h1-3,5-6,8-11,15,20H,4,7,12-14H2,(H,23,24). The number of fused-ring (bicyclic) bond motifs is 1. The van der Waals surface area contributed by atoms with Crippen molar-refractivity contribution in [1.82, 2.24) is 9.88 Å². The first-order valence-electron chi connectivity index (χ1n) is 9.74. The number of benzene rings is 2. The SMILES string of the molecule is O=C1C(Nc2ccc3cc([N+](=O)[O-])ccc3n2)CCN1CCCc1ccccc1. The molecule has 1 aromatic heterocycles. The van der Waals surface area contributed by atoms with E-state index in [2.05, 4.69) is 22.4 Å². The highest BCUT2D eigenvalue weighted by Gasteiger charge is 2.31. The van der Waals surface area contributed by atoms with Crippen molar-refractivity contribution in [2.75, 3.05) is 18.4 Å². The Morgan fingerprint density at radius 1 is 1.14 bits per heavy atom. The lowest BCUT2D eigenvalue weighted by molar-refractivity contribution is -0.384. The number of nitrogens with one attached hydrogen (secondary N) is 1. The number of nitrogens with zero attached hydrogens (tertiary/aromatic N) is 3. The molecule has 3 aromatic rings. The number of hydrogen-bond donors (Lipinski definition) is 1. The predicted molar refractivity (Wildman–Crippen MR) is 112 cm³/mol. The molecule has 0 spiro atoms. The maximum atomic E-state index is 12.7. The Balaban J connectivity index is 1.35. The smallest absolute Gasteiger partial charge is 0.270 e. The van der Waals surface area contributed by atoms with E-state index in [-0.39, 0.29) is 17.6 Å². The van der Waals surface area contributed by atoms with Crippen molar-refractivity contribution in [2.24, 2.45) is 0 Å². The van der Waals surface area contributed by atoms with Crippen LogP contribution in [0.5, 0.6) is 0 Å². The number of amides is 1. The number of hydrogen-bond acceptors (Lipinski definition) is 5. The molecule has 1 atom stereocenters. The van der Waals surface area contributed by atoms with E-state index in [1.165, 1.54) is 17.7 Å². The van der Waals surface area contributed by atoms with Crippen molar-refractivity contribution in [3.63, 3.8) is 0 Å². The monoisotopic (exact) mass is 390 g/mol. The molecule has 1 amide bonds. The summed E-state index contributed by atoms with van der Waals surface area (Å²) in [6.45, 7) is 1.49. The molecule has 7 heteroatoms. The number of carbonyl (C=O) groups is 1. The Hall–Kier alpha value is -3.48. The maximum absolute atomic E-state index is 12.7. The zero-order valence-electron chi connectivity index (χ0n) is 16.0. The largest absolute Gasteiger partial charge is 0.358 e. The lowest BCUT2D eigenvalue weighted by Crippen LogP contribution is -2.34. The lowest BCUT2D eigenvalue weighted by Gasteiger charge is -2.17. The van der Waals surface area contributed by atoms with Crippen LogP contribution >= 0.6 is 0 Å². The van der Waals surface area contributed by atoms with E-state index in [1.807, 2.05) is 23.1 Å². The molecule has 1 N–H and O–H groups in total. The Bertz CT molecular complexity index is 1040. The first-order valence-corrected chi connectivity index (χ1v) is 9.74. The summed E-state index contributed by atoms with van der Waals surface area (Å²) < 4.78 is 0. The normalized spacial score (nSPS) is 16.3. The van der Waals surface area contributed by atoms with Crippen molar-refractivity contribution in [1.29, 1.82) is 0 Å². The molecule has 29 heavy (non-hydrogen) atoms. The molecule has 2 heterocycles. The molecule has 1 aliphatic rings. The molecule has 1 fully saturated rings. The van der Waals surface area contributed by atoms with Gasteiger partial charge in [-0.05, 0) is 43.0 Å². The summed E-state index contributed by atoms with van der Waals surface area (Å²) in [6, 6.07) is 18.1. The molecule has 0 aliphatic carbocycles. The number of aryl methyl sites for hydroxylation is 1. The number of aromatic nitrogens is 1. The molecular formula is C22H22N4O3. The Morgan fingerprint density at radius 2 is 1.97 bits per heavy atom. The van der Waals surface area contributed by atoms with Crippen molar-refractivity contribution < 1.29 is 9.72 Å². The Morgan fingerprint density at radius 3 is 2.76 bits per heavy atom. The fraction of sp³-hybridized carbons (Fsp3) is 0.273. The summed E-state index contributed by atoms with van der Waals surface area (Å²) in [4.78, 5) is 29.6.